The topological polar surface area (TPSA) is 121 Å². The number of aromatic nitrogens is 1. The molecule has 2 aromatic rings. The van der Waals surface area contributed by atoms with Crippen LogP contribution in [0.4, 0.5) is 17.2 Å². The number of carbonyl (C=O) groups excluding carboxylic acids is 1. The van der Waals surface area contributed by atoms with Gasteiger partial charge in [-0.15, -0.1) is 23.2 Å². The summed E-state index contributed by atoms with van der Waals surface area (Å²) in [7, 11) is 0. The highest BCUT2D eigenvalue weighted by molar-refractivity contribution is 6.48. The number of nitro benzene ring substituents is 1. The Morgan fingerprint density at radius 2 is 2.16 bits per heavy atom. The number of aliphatic imine (C=N–C) groups is 1. The third-order valence-corrected chi connectivity index (χ3v) is 6.61. The van der Waals surface area contributed by atoms with Crippen LogP contribution in [-0.4, -0.2) is 32.5 Å². The number of nitrogens with two attached hydrogens (primary N) is 1. The zero-order valence-electron chi connectivity index (χ0n) is 17.6. The fraction of sp³-hybridized carbons (Fsp3) is 0.409. The Hall–Kier alpha value is -2.71. The molecule has 1 aromatic heterocycles. The summed E-state index contributed by atoms with van der Waals surface area (Å²) in [5.74, 6) is -1.52. The SMILES string of the molecule is CCOC(=O)C1C(C)=Nc2nc3c(c(N)c2C1c1cccc([N+](=O)[O-])c1)CC(Cl)(Cl)CC3. The van der Waals surface area contributed by atoms with E-state index in [1.165, 1.54) is 12.1 Å². The van der Waals surface area contributed by atoms with Crippen molar-refractivity contribution in [1.82, 2.24) is 4.98 Å². The number of hydrogen-bond acceptors (Lipinski definition) is 7. The number of esters is 1. The zero-order chi connectivity index (χ0) is 23.2. The summed E-state index contributed by atoms with van der Waals surface area (Å²) in [5, 5.41) is 11.4. The van der Waals surface area contributed by atoms with Crippen molar-refractivity contribution in [2.75, 3.05) is 12.3 Å². The predicted molar refractivity (Wildman–Crippen MR) is 123 cm³/mol. The van der Waals surface area contributed by atoms with Gasteiger partial charge in [0.05, 0.1) is 11.5 Å². The van der Waals surface area contributed by atoms with Crippen molar-refractivity contribution in [3.8, 4) is 0 Å². The fourth-order valence-corrected chi connectivity index (χ4v) is 4.97. The van der Waals surface area contributed by atoms with Gasteiger partial charge in [-0.3, -0.25) is 14.9 Å². The molecule has 0 fully saturated rings. The molecule has 2 N–H and O–H groups in total. The summed E-state index contributed by atoms with van der Waals surface area (Å²) >= 11 is 12.8. The van der Waals surface area contributed by atoms with Gasteiger partial charge in [-0.1, -0.05) is 12.1 Å². The lowest BCUT2D eigenvalue weighted by Crippen LogP contribution is -2.35. The molecule has 0 saturated heterocycles. The standard InChI is InChI=1S/C22H22Cl2N4O4/c1-3-32-21(29)16-11(2)26-20-18(17(16)12-5-4-6-13(9-12)28(30)31)19(25)14-10-22(23,24)8-7-15(14)27-20/h4-6,9,16-17H,3,7-8,10H2,1-2H3,(H2,25,27). The number of hydrogen-bond donors (Lipinski definition) is 1. The number of nitrogens with zero attached hydrogens (tertiary/aromatic N) is 3. The molecule has 2 atom stereocenters. The number of fused-ring (bicyclic) bond motifs is 2. The second kappa shape index (κ2) is 8.33. The molecular formula is C22H22Cl2N4O4. The number of non-ortho nitro benzene ring substituents is 1. The van der Waals surface area contributed by atoms with E-state index in [0.29, 0.717) is 47.6 Å². The smallest absolute Gasteiger partial charge is 0.315 e. The lowest BCUT2D eigenvalue weighted by Gasteiger charge is -2.35. The summed E-state index contributed by atoms with van der Waals surface area (Å²) < 4.78 is 4.36. The maximum absolute atomic E-state index is 13.0. The van der Waals surface area contributed by atoms with E-state index < -0.39 is 27.1 Å². The number of pyridine rings is 1. The molecule has 1 aliphatic heterocycles. The first-order chi connectivity index (χ1) is 15.1. The number of rotatable bonds is 4. The number of benzene rings is 1. The van der Waals surface area contributed by atoms with Gasteiger partial charge in [0.1, 0.15) is 10.3 Å². The van der Waals surface area contributed by atoms with Gasteiger partial charge in [-0.2, -0.15) is 0 Å². The minimum Gasteiger partial charge on any atom is -0.465 e. The van der Waals surface area contributed by atoms with Crippen molar-refractivity contribution in [2.24, 2.45) is 10.9 Å². The lowest BCUT2D eigenvalue weighted by molar-refractivity contribution is -0.384. The number of nitro groups is 1. The molecule has 168 valence electrons. The zero-order valence-corrected chi connectivity index (χ0v) is 19.1. The van der Waals surface area contributed by atoms with Crippen molar-refractivity contribution in [3.05, 3.63) is 56.8 Å². The maximum atomic E-state index is 13.0. The van der Waals surface area contributed by atoms with E-state index in [9.17, 15) is 14.9 Å². The normalized spacial score (nSPS) is 21.2. The van der Waals surface area contributed by atoms with Crippen LogP contribution in [0.2, 0.25) is 0 Å². The Kier molecular flexibility index (Phi) is 5.85. The molecule has 2 aliphatic rings. The molecule has 2 unspecified atom stereocenters. The number of halogens is 2. The molecule has 1 aromatic carbocycles. The molecule has 0 amide bonds. The number of anilines is 1. The van der Waals surface area contributed by atoms with Crippen molar-refractivity contribution < 1.29 is 14.5 Å². The monoisotopic (exact) mass is 476 g/mol. The molecular weight excluding hydrogens is 455 g/mol. The van der Waals surface area contributed by atoms with Crippen LogP contribution in [0.25, 0.3) is 0 Å². The molecule has 4 rings (SSSR count). The minimum atomic E-state index is -0.966. The summed E-state index contributed by atoms with van der Waals surface area (Å²) in [6.07, 6.45) is 1.40. The van der Waals surface area contributed by atoms with Gasteiger partial charge >= 0.3 is 5.97 Å². The summed E-state index contributed by atoms with van der Waals surface area (Å²) in [6, 6.07) is 6.17. The number of alkyl halides is 2. The first-order valence-corrected chi connectivity index (χ1v) is 11.0. The van der Waals surface area contributed by atoms with E-state index in [1.54, 1.807) is 26.0 Å². The van der Waals surface area contributed by atoms with Crippen molar-refractivity contribution in [1.29, 1.82) is 0 Å². The van der Waals surface area contributed by atoms with Gasteiger partial charge in [0.15, 0.2) is 5.82 Å². The van der Waals surface area contributed by atoms with Crippen LogP contribution in [0.1, 0.15) is 48.6 Å². The molecule has 0 radical (unpaired) electrons. The van der Waals surface area contributed by atoms with Gasteiger partial charge in [0, 0.05) is 52.7 Å². The van der Waals surface area contributed by atoms with Crippen molar-refractivity contribution in [2.45, 2.75) is 43.4 Å². The van der Waals surface area contributed by atoms with Gasteiger partial charge in [0.2, 0.25) is 0 Å². The van der Waals surface area contributed by atoms with Crippen LogP contribution in [0.15, 0.2) is 29.3 Å². The second-order valence-corrected chi connectivity index (χ2v) is 9.67. The van der Waals surface area contributed by atoms with Crippen molar-refractivity contribution >= 4 is 52.1 Å². The first-order valence-electron chi connectivity index (χ1n) is 10.3. The Labute approximate surface area is 194 Å². The predicted octanol–water partition coefficient (Wildman–Crippen LogP) is 4.65. The number of carbonyl (C=O) groups is 1. The minimum absolute atomic E-state index is 0.0863. The van der Waals surface area contributed by atoms with Crippen LogP contribution in [0.5, 0.6) is 0 Å². The van der Waals surface area contributed by atoms with Gasteiger partial charge in [-0.05, 0) is 32.3 Å². The summed E-state index contributed by atoms with van der Waals surface area (Å²) in [4.78, 5) is 33.3. The highest BCUT2D eigenvalue weighted by Gasteiger charge is 2.43. The third-order valence-electron chi connectivity index (χ3n) is 5.97. The van der Waals surface area contributed by atoms with Crippen LogP contribution in [0.3, 0.4) is 0 Å². The highest BCUT2D eigenvalue weighted by atomic mass is 35.5. The molecule has 0 bridgehead atoms. The van der Waals surface area contributed by atoms with E-state index in [0.717, 1.165) is 11.3 Å². The third kappa shape index (κ3) is 3.93. The number of aryl methyl sites for hydroxylation is 1. The molecule has 0 saturated carbocycles. The number of ether oxygens (including phenoxy) is 1. The van der Waals surface area contributed by atoms with Gasteiger partial charge in [-0.25, -0.2) is 9.98 Å². The van der Waals surface area contributed by atoms with Crippen LogP contribution >= 0.6 is 23.2 Å². The Balaban J connectivity index is 1.97. The first kappa shape index (κ1) is 22.5. The van der Waals surface area contributed by atoms with E-state index in [2.05, 4.69) is 4.99 Å². The van der Waals surface area contributed by atoms with E-state index >= 15 is 0 Å². The Morgan fingerprint density at radius 3 is 2.84 bits per heavy atom. The quantitative estimate of drug-likeness (QED) is 0.296. The van der Waals surface area contributed by atoms with E-state index in [-0.39, 0.29) is 12.3 Å². The van der Waals surface area contributed by atoms with Crippen molar-refractivity contribution in [3.63, 3.8) is 0 Å². The van der Waals surface area contributed by atoms with Gasteiger partial charge < -0.3 is 10.5 Å². The van der Waals surface area contributed by atoms with Crippen LogP contribution in [-0.2, 0) is 22.4 Å². The van der Waals surface area contributed by atoms with E-state index in [1.807, 2.05) is 0 Å². The molecule has 0 spiro atoms. The fourth-order valence-electron chi connectivity index (χ4n) is 4.51. The molecule has 32 heavy (non-hydrogen) atoms. The van der Waals surface area contributed by atoms with Crippen LogP contribution in [0, 0.1) is 16.0 Å². The molecule has 2 heterocycles. The summed E-state index contributed by atoms with van der Waals surface area (Å²) in [6.45, 7) is 3.64. The van der Waals surface area contributed by atoms with E-state index in [4.69, 9.17) is 38.7 Å². The average Bonchev–Trinajstić information content (AvgIpc) is 2.73. The highest BCUT2D eigenvalue weighted by Crippen LogP contribution is 2.49. The second-order valence-electron chi connectivity index (χ2n) is 8.03. The Bertz CT molecular complexity index is 1150. The average molecular weight is 477 g/mol. The molecule has 10 heteroatoms. The Morgan fingerprint density at radius 1 is 1.41 bits per heavy atom. The largest absolute Gasteiger partial charge is 0.465 e. The number of nitrogen functional groups attached to an aromatic ring is 1. The lowest BCUT2D eigenvalue weighted by atomic mass is 9.75. The van der Waals surface area contributed by atoms with Gasteiger partial charge in [0.25, 0.3) is 5.69 Å². The maximum Gasteiger partial charge on any atom is 0.315 e. The van der Waals surface area contributed by atoms with Crippen LogP contribution < -0.4 is 5.73 Å². The molecule has 8 nitrogen and oxygen atoms in total. The summed E-state index contributed by atoms with van der Waals surface area (Å²) in [5.41, 5.74) is 10.1. The molecule has 1 aliphatic carbocycles.